The van der Waals surface area contributed by atoms with E-state index < -0.39 is 12.0 Å². The van der Waals surface area contributed by atoms with E-state index >= 15 is 0 Å². The van der Waals surface area contributed by atoms with Crippen molar-refractivity contribution in [2.45, 2.75) is 44.2 Å². The number of aliphatic carboxylic acids is 1. The minimum atomic E-state index is -0.753. The molecule has 96 valence electrons. The number of fused-ring (bicyclic) bond motifs is 1. The lowest BCUT2D eigenvalue weighted by Crippen LogP contribution is -2.43. The first-order valence-electron chi connectivity index (χ1n) is 6.55. The normalized spacial score (nSPS) is 31.1. The second-order valence-corrected chi connectivity index (χ2v) is 5.16. The number of carbonyl (C=O) groups is 1. The van der Waals surface area contributed by atoms with E-state index in [0.717, 1.165) is 19.3 Å². The molecule has 0 amide bonds. The van der Waals surface area contributed by atoms with E-state index in [9.17, 15) is 9.90 Å². The molecule has 2 aliphatic rings. The van der Waals surface area contributed by atoms with Crippen LogP contribution in [-0.2, 0) is 4.79 Å². The lowest BCUT2D eigenvalue weighted by Gasteiger charge is -2.32. The van der Waals surface area contributed by atoms with Crippen LogP contribution in [-0.4, -0.2) is 33.1 Å². The van der Waals surface area contributed by atoms with Crippen molar-refractivity contribution in [3.05, 3.63) is 18.5 Å². The van der Waals surface area contributed by atoms with Gasteiger partial charge in [-0.05, 0) is 31.2 Å². The van der Waals surface area contributed by atoms with Gasteiger partial charge in [0.1, 0.15) is 6.04 Å². The van der Waals surface area contributed by atoms with Crippen LogP contribution < -0.4 is 4.90 Å². The molecule has 0 spiro atoms. The molecule has 5 nitrogen and oxygen atoms in total. The Morgan fingerprint density at radius 2 is 2.00 bits per heavy atom. The summed E-state index contributed by atoms with van der Waals surface area (Å²) in [5.41, 5.74) is 0. The first kappa shape index (κ1) is 11.4. The van der Waals surface area contributed by atoms with E-state index in [2.05, 4.69) is 9.97 Å². The molecule has 1 saturated carbocycles. The summed E-state index contributed by atoms with van der Waals surface area (Å²) in [6.07, 6.45) is 8.69. The first-order valence-corrected chi connectivity index (χ1v) is 6.55. The Hall–Kier alpha value is -1.65. The van der Waals surface area contributed by atoms with Crippen molar-refractivity contribution in [1.29, 1.82) is 0 Å². The summed E-state index contributed by atoms with van der Waals surface area (Å²) >= 11 is 0. The SMILES string of the molecule is O=C(O)[C@@H]1C[C@@H]2CCCC[C@H]2N1c1ncccn1. The van der Waals surface area contributed by atoms with E-state index in [-0.39, 0.29) is 0 Å². The molecule has 2 heterocycles. The van der Waals surface area contributed by atoms with Crippen LogP contribution in [0.25, 0.3) is 0 Å². The van der Waals surface area contributed by atoms with Crippen LogP contribution in [0.2, 0.25) is 0 Å². The summed E-state index contributed by atoms with van der Waals surface area (Å²) in [4.78, 5) is 21.8. The number of anilines is 1. The van der Waals surface area contributed by atoms with Crippen molar-refractivity contribution in [1.82, 2.24) is 9.97 Å². The number of carboxylic acids is 1. The van der Waals surface area contributed by atoms with Crippen molar-refractivity contribution in [3.8, 4) is 0 Å². The molecule has 18 heavy (non-hydrogen) atoms. The van der Waals surface area contributed by atoms with Gasteiger partial charge in [-0.3, -0.25) is 0 Å². The summed E-state index contributed by atoms with van der Waals surface area (Å²) in [6.45, 7) is 0. The van der Waals surface area contributed by atoms with E-state index in [1.165, 1.54) is 12.8 Å². The molecule has 1 saturated heterocycles. The highest BCUT2D eigenvalue weighted by Crippen LogP contribution is 2.41. The molecule has 3 atom stereocenters. The summed E-state index contributed by atoms with van der Waals surface area (Å²) in [5.74, 6) is 0.305. The van der Waals surface area contributed by atoms with Crippen molar-refractivity contribution in [2.75, 3.05) is 4.90 Å². The molecule has 1 aromatic rings. The summed E-state index contributed by atoms with van der Waals surface area (Å²) < 4.78 is 0. The van der Waals surface area contributed by atoms with Gasteiger partial charge in [0.05, 0.1) is 0 Å². The second kappa shape index (κ2) is 4.55. The molecule has 1 N–H and O–H groups in total. The fourth-order valence-electron chi connectivity index (χ4n) is 3.39. The van der Waals surface area contributed by atoms with Crippen molar-refractivity contribution >= 4 is 11.9 Å². The van der Waals surface area contributed by atoms with Gasteiger partial charge in [0.25, 0.3) is 0 Å². The lowest BCUT2D eigenvalue weighted by molar-refractivity contribution is -0.138. The Kier molecular flexibility index (Phi) is 2.89. The maximum absolute atomic E-state index is 11.4. The molecule has 2 fully saturated rings. The summed E-state index contributed by atoms with van der Waals surface area (Å²) in [5, 5.41) is 9.39. The van der Waals surface area contributed by atoms with E-state index in [1.54, 1.807) is 18.5 Å². The number of carboxylic acid groups (broad SMARTS) is 1. The van der Waals surface area contributed by atoms with E-state index in [4.69, 9.17) is 0 Å². The minimum absolute atomic E-state index is 0.308. The molecule has 1 aliphatic carbocycles. The molecule has 5 heteroatoms. The molecule has 1 aliphatic heterocycles. The van der Waals surface area contributed by atoms with Crippen molar-refractivity contribution < 1.29 is 9.90 Å². The van der Waals surface area contributed by atoms with Crippen LogP contribution in [0, 0.1) is 5.92 Å². The summed E-state index contributed by atoms with van der Waals surface area (Å²) in [6, 6.07) is 1.61. The number of rotatable bonds is 2. The zero-order valence-corrected chi connectivity index (χ0v) is 10.2. The van der Waals surface area contributed by atoms with Gasteiger partial charge in [-0.15, -0.1) is 0 Å². The number of hydrogen-bond donors (Lipinski definition) is 1. The smallest absolute Gasteiger partial charge is 0.326 e. The highest BCUT2D eigenvalue weighted by Gasteiger charge is 2.46. The van der Waals surface area contributed by atoms with Gasteiger partial charge in [0.15, 0.2) is 0 Å². The van der Waals surface area contributed by atoms with Gasteiger partial charge in [-0.2, -0.15) is 0 Å². The third-order valence-electron chi connectivity index (χ3n) is 4.16. The Balaban J connectivity index is 1.94. The van der Waals surface area contributed by atoms with Crippen LogP contribution >= 0.6 is 0 Å². The molecular weight excluding hydrogens is 230 g/mol. The highest BCUT2D eigenvalue weighted by molar-refractivity contribution is 5.78. The third-order valence-corrected chi connectivity index (χ3v) is 4.16. The van der Waals surface area contributed by atoms with Gasteiger partial charge >= 0.3 is 5.97 Å². The summed E-state index contributed by atoms with van der Waals surface area (Å²) in [7, 11) is 0. The zero-order valence-electron chi connectivity index (χ0n) is 10.2. The Morgan fingerprint density at radius 3 is 2.72 bits per heavy atom. The largest absolute Gasteiger partial charge is 0.480 e. The van der Waals surface area contributed by atoms with Crippen LogP contribution in [0.15, 0.2) is 18.5 Å². The molecule has 1 aromatic heterocycles. The quantitative estimate of drug-likeness (QED) is 0.861. The van der Waals surface area contributed by atoms with Crippen LogP contribution in [0.1, 0.15) is 32.1 Å². The van der Waals surface area contributed by atoms with E-state index in [0.29, 0.717) is 17.9 Å². The third kappa shape index (κ3) is 1.83. The van der Waals surface area contributed by atoms with Crippen molar-refractivity contribution in [3.63, 3.8) is 0 Å². The van der Waals surface area contributed by atoms with Gasteiger partial charge in [0.2, 0.25) is 5.95 Å². The zero-order chi connectivity index (χ0) is 12.5. The lowest BCUT2D eigenvalue weighted by atomic mass is 9.85. The average molecular weight is 247 g/mol. The average Bonchev–Trinajstić information content (AvgIpc) is 2.79. The molecular formula is C13H17N3O2. The molecule has 0 bridgehead atoms. The minimum Gasteiger partial charge on any atom is -0.480 e. The van der Waals surface area contributed by atoms with Crippen LogP contribution in [0.4, 0.5) is 5.95 Å². The maximum Gasteiger partial charge on any atom is 0.326 e. The first-order chi connectivity index (χ1) is 8.77. The fourth-order valence-corrected chi connectivity index (χ4v) is 3.39. The molecule has 0 unspecified atom stereocenters. The number of nitrogens with zero attached hydrogens (tertiary/aromatic N) is 3. The maximum atomic E-state index is 11.4. The standard InChI is InChI=1S/C13H17N3O2/c17-12(18)11-8-9-4-1-2-5-10(9)16(11)13-14-6-3-7-15-13/h3,6-7,9-11H,1-2,4-5,8H2,(H,17,18)/t9-,10+,11-/m0/s1. The van der Waals surface area contributed by atoms with Crippen molar-refractivity contribution in [2.24, 2.45) is 5.92 Å². The number of hydrogen-bond acceptors (Lipinski definition) is 4. The highest BCUT2D eigenvalue weighted by atomic mass is 16.4. The van der Waals surface area contributed by atoms with Crippen LogP contribution in [0.3, 0.4) is 0 Å². The Morgan fingerprint density at radius 1 is 1.28 bits per heavy atom. The van der Waals surface area contributed by atoms with Gasteiger partial charge < -0.3 is 10.0 Å². The predicted molar refractivity (Wildman–Crippen MR) is 66.3 cm³/mol. The van der Waals surface area contributed by atoms with Crippen LogP contribution in [0.5, 0.6) is 0 Å². The Labute approximate surface area is 106 Å². The Bertz CT molecular complexity index is 437. The molecule has 0 aromatic carbocycles. The van der Waals surface area contributed by atoms with Gasteiger partial charge in [-0.25, -0.2) is 14.8 Å². The molecule has 0 radical (unpaired) electrons. The molecule has 3 rings (SSSR count). The van der Waals surface area contributed by atoms with Gasteiger partial charge in [0, 0.05) is 18.4 Å². The monoisotopic (exact) mass is 247 g/mol. The number of aromatic nitrogens is 2. The van der Waals surface area contributed by atoms with E-state index in [1.807, 2.05) is 4.90 Å². The van der Waals surface area contributed by atoms with Gasteiger partial charge in [-0.1, -0.05) is 12.8 Å². The second-order valence-electron chi connectivity index (χ2n) is 5.16. The predicted octanol–water partition coefficient (Wildman–Crippen LogP) is 1.70. The fraction of sp³-hybridized carbons (Fsp3) is 0.615. The topological polar surface area (TPSA) is 66.3 Å².